The largest absolute Gasteiger partial charge is 0.392 e. The number of aliphatic hydroxyl groups is 1. The van der Waals surface area contributed by atoms with E-state index >= 15 is 0 Å². The number of pyridine rings is 1. The number of aromatic nitrogens is 3. The third kappa shape index (κ3) is 2.41. The minimum absolute atomic E-state index is 0.0552. The zero-order valence-corrected chi connectivity index (χ0v) is 11.2. The summed E-state index contributed by atoms with van der Waals surface area (Å²) >= 11 is 5.92. The minimum atomic E-state index is -0.0552. The Bertz CT molecular complexity index is 763. The topological polar surface area (TPSA) is 70.9 Å². The Labute approximate surface area is 120 Å². The molecule has 0 fully saturated rings. The molecule has 0 spiro atoms. The number of hydrogen-bond acceptors (Lipinski definition) is 5. The van der Waals surface area contributed by atoms with Crippen LogP contribution in [0.2, 0.25) is 5.15 Å². The Morgan fingerprint density at radius 1 is 1.10 bits per heavy atom. The van der Waals surface area contributed by atoms with Gasteiger partial charge in [-0.1, -0.05) is 29.8 Å². The maximum atomic E-state index is 9.34. The second-order valence-electron chi connectivity index (χ2n) is 4.16. The van der Waals surface area contributed by atoms with Gasteiger partial charge in [0.15, 0.2) is 5.82 Å². The van der Waals surface area contributed by atoms with Gasteiger partial charge in [0.25, 0.3) is 0 Å². The number of anilines is 2. The van der Waals surface area contributed by atoms with Crippen LogP contribution in [0.4, 0.5) is 11.5 Å². The summed E-state index contributed by atoms with van der Waals surface area (Å²) < 4.78 is 0. The summed E-state index contributed by atoms with van der Waals surface area (Å²) in [5.74, 6) is 0.554. The fourth-order valence-corrected chi connectivity index (χ4v) is 2.06. The van der Waals surface area contributed by atoms with Crippen LogP contribution in [0.15, 0.2) is 42.7 Å². The molecule has 1 aromatic carbocycles. The molecule has 20 heavy (non-hydrogen) atoms. The molecule has 0 atom stereocenters. The summed E-state index contributed by atoms with van der Waals surface area (Å²) in [6.07, 6.45) is 1.46. The molecule has 0 aliphatic rings. The van der Waals surface area contributed by atoms with Gasteiger partial charge in [-0.05, 0) is 18.2 Å². The number of nitrogens with one attached hydrogen (secondary N) is 1. The lowest BCUT2D eigenvalue weighted by Crippen LogP contribution is -2.00. The summed E-state index contributed by atoms with van der Waals surface area (Å²) in [6.45, 7) is -0.0552. The highest BCUT2D eigenvalue weighted by Crippen LogP contribution is 2.24. The molecule has 0 saturated heterocycles. The van der Waals surface area contributed by atoms with Gasteiger partial charge in [0.1, 0.15) is 17.0 Å². The standard InChI is InChI=1S/C14H11ClN4O/c15-12-6-5-11-13(19-12)14(17-8-16-11)18-10-4-2-1-3-9(10)7-20/h1-6,8,20H,7H2,(H,16,17,18). The number of para-hydroxylation sites is 1. The average Bonchev–Trinajstić information content (AvgIpc) is 2.48. The van der Waals surface area contributed by atoms with Crippen LogP contribution in [-0.4, -0.2) is 20.1 Å². The monoisotopic (exact) mass is 286 g/mol. The first-order valence-corrected chi connectivity index (χ1v) is 6.39. The van der Waals surface area contributed by atoms with Crippen LogP contribution in [0.5, 0.6) is 0 Å². The van der Waals surface area contributed by atoms with Crippen LogP contribution in [0, 0.1) is 0 Å². The maximum absolute atomic E-state index is 9.34. The van der Waals surface area contributed by atoms with E-state index in [-0.39, 0.29) is 6.61 Å². The summed E-state index contributed by atoms with van der Waals surface area (Å²) in [7, 11) is 0. The molecule has 0 amide bonds. The molecule has 2 N–H and O–H groups in total. The summed E-state index contributed by atoms with van der Waals surface area (Å²) in [5.41, 5.74) is 2.85. The Hall–Kier alpha value is -2.24. The molecule has 6 heteroatoms. The number of halogens is 1. The van der Waals surface area contributed by atoms with Gasteiger partial charge < -0.3 is 10.4 Å². The highest BCUT2D eigenvalue weighted by molar-refractivity contribution is 6.29. The minimum Gasteiger partial charge on any atom is -0.392 e. The zero-order valence-electron chi connectivity index (χ0n) is 10.4. The van der Waals surface area contributed by atoms with E-state index in [2.05, 4.69) is 20.3 Å². The lowest BCUT2D eigenvalue weighted by atomic mass is 10.2. The fraction of sp³-hybridized carbons (Fsp3) is 0.0714. The van der Waals surface area contributed by atoms with E-state index in [1.807, 2.05) is 24.3 Å². The first kappa shape index (κ1) is 12.8. The maximum Gasteiger partial charge on any atom is 0.160 e. The normalized spacial score (nSPS) is 10.7. The van der Waals surface area contributed by atoms with Crippen molar-refractivity contribution in [2.45, 2.75) is 6.61 Å². The number of aliphatic hydroxyl groups excluding tert-OH is 1. The molecular formula is C14H11ClN4O. The number of fused-ring (bicyclic) bond motifs is 1. The Balaban J connectivity index is 2.08. The Morgan fingerprint density at radius 2 is 1.95 bits per heavy atom. The van der Waals surface area contributed by atoms with Crippen LogP contribution < -0.4 is 5.32 Å². The fourth-order valence-electron chi connectivity index (χ4n) is 1.92. The van der Waals surface area contributed by atoms with Gasteiger partial charge in [0.2, 0.25) is 0 Å². The number of rotatable bonds is 3. The van der Waals surface area contributed by atoms with E-state index in [1.165, 1.54) is 6.33 Å². The molecule has 0 bridgehead atoms. The van der Waals surface area contributed by atoms with Crippen LogP contribution in [-0.2, 0) is 6.61 Å². The van der Waals surface area contributed by atoms with Crippen molar-refractivity contribution >= 4 is 34.1 Å². The molecule has 5 nitrogen and oxygen atoms in total. The summed E-state index contributed by atoms with van der Waals surface area (Å²) in [5, 5.41) is 12.9. The molecular weight excluding hydrogens is 276 g/mol. The first-order chi connectivity index (χ1) is 9.78. The Morgan fingerprint density at radius 3 is 2.80 bits per heavy atom. The highest BCUT2D eigenvalue weighted by atomic mass is 35.5. The SMILES string of the molecule is OCc1ccccc1Nc1ncnc2ccc(Cl)nc12. The van der Waals surface area contributed by atoms with Gasteiger partial charge in [-0.3, -0.25) is 0 Å². The van der Waals surface area contributed by atoms with Crippen molar-refractivity contribution in [3.63, 3.8) is 0 Å². The number of hydrogen-bond donors (Lipinski definition) is 2. The third-order valence-electron chi connectivity index (χ3n) is 2.89. The van der Waals surface area contributed by atoms with Crippen molar-refractivity contribution in [1.82, 2.24) is 15.0 Å². The highest BCUT2D eigenvalue weighted by Gasteiger charge is 2.08. The molecule has 0 aliphatic heterocycles. The van der Waals surface area contributed by atoms with Crippen molar-refractivity contribution in [1.29, 1.82) is 0 Å². The molecule has 0 radical (unpaired) electrons. The van der Waals surface area contributed by atoms with Gasteiger partial charge in [-0.25, -0.2) is 15.0 Å². The van der Waals surface area contributed by atoms with E-state index in [9.17, 15) is 5.11 Å². The predicted octanol–water partition coefficient (Wildman–Crippen LogP) is 2.91. The van der Waals surface area contributed by atoms with Crippen LogP contribution >= 0.6 is 11.6 Å². The van der Waals surface area contributed by atoms with Crippen molar-refractivity contribution in [2.75, 3.05) is 5.32 Å². The van der Waals surface area contributed by atoms with Gasteiger partial charge in [0.05, 0.1) is 12.1 Å². The second kappa shape index (κ2) is 5.40. The molecule has 2 heterocycles. The predicted molar refractivity (Wildman–Crippen MR) is 78.0 cm³/mol. The second-order valence-corrected chi connectivity index (χ2v) is 4.55. The van der Waals surface area contributed by atoms with Crippen molar-refractivity contribution < 1.29 is 5.11 Å². The summed E-state index contributed by atoms with van der Waals surface area (Å²) in [6, 6.07) is 10.9. The van der Waals surface area contributed by atoms with E-state index in [0.29, 0.717) is 22.0 Å². The molecule has 100 valence electrons. The Kier molecular flexibility index (Phi) is 3.45. The van der Waals surface area contributed by atoms with Crippen molar-refractivity contribution in [2.24, 2.45) is 0 Å². The lowest BCUT2D eigenvalue weighted by molar-refractivity contribution is 0.282. The molecule has 0 saturated carbocycles. The van der Waals surface area contributed by atoms with E-state index in [4.69, 9.17) is 11.6 Å². The third-order valence-corrected chi connectivity index (χ3v) is 3.10. The molecule has 0 aliphatic carbocycles. The smallest absolute Gasteiger partial charge is 0.160 e. The quantitative estimate of drug-likeness (QED) is 0.725. The van der Waals surface area contributed by atoms with Crippen molar-refractivity contribution in [3.05, 3.63) is 53.4 Å². The van der Waals surface area contributed by atoms with Gasteiger partial charge in [-0.15, -0.1) is 0 Å². The molecule has 3 rings (SSSR count). The first-order valence-electron chi connectivity index (χ1n) is 6.01. The van der Waals surface area contributed by atoms with E-state index in [1.54, 1.807) is 12.1 Å². The zero-order chi connectivity index (χ0) is 13.9. The number of nitrogens with zero attached hydrogens (tertiary/aromatic N) is 3. The van der Waals surface area contributed by atoms with E-state index in [0.717, 1.165) is 11.3 Å². The van der Waals surface area contributed by atoms with E-state index < -0.39 is 0 Å². The molecule has 2 aromatic heterocycles. The van der Waals surface area contributed by atoms with Crippen LogP contribution in [0.1, 0.15) is 5.56 Å². The summed E-state index contributed by atoms with van der Waals surface area (Å²) in [4.78, 5) is 12.6. The van der Waals surface area contributed by atoms with Crippen molar-refractivity contribution in [3.8, 4) is 0 Å². The lowest BCUT2D eigenvalue weighted by Gasteiger charge is -2.10. The van der Waals surface area contributed by atoms with Gasteiger partial charge >= 0.3 is 0 Å². The average molecular weight is 287 g/mol. The molecule has 0 unspecified atom stereocenters. The molecule has 3 aromatic rings. The van der Waals surface area contributed by atoms with Gasteiger partial charge in [0, 0.05) is 11.3 Å². The van der Waals surface area contributed by atoms with Gasteiger partial charge in [-0.2, -0.15) is 0 Å². The number of benzene rings is 1. The van der Waals surface area contributed by atoms with Crippen LogP contribution in [0.25, 0.3) is 11.0 Å². The van der Waals surface area contributed by atoms with Crippen LogP contribution in [0.3, 0.4) is 0 Å².